The summed E-state index contributed by atoms with van der Waals surface area (Å²) in [6.45, 7) is 4.12. The normalized spacial score (nSPS) is 13.1. The molecule has 0 rings (SSSR count). The molecule has 0 heterocycles. The Labute approximate surface area is 78.4 Å². The maximum atomic E-state index is 11.6. The molecule has 0 unspecified atom stereocenters. The predicted octanol–water partition coefficient (Wildman–Crippen LogP) is 2.84. The highest BCUT2D eigenvalue weighted by molar-refractivity contribution is 7.57. The zero-order chi connectivity index (χ0) is 10.2. The Hall–Kier alpha value is -0.570. The van der Waals surface area contributed by atoms with Crippen molar-refractivity contribution >= 4 is 7.60 Å². The molecule has 0 fully saturated rings. The van der Waals surface area contributed by atoms with Crippen LogP contribution in [0.5, 0.6) is 0 Å². The number of aliphatic hydroxyl groups is 1. The van der Waals surface area contributed by atoms with Crippen LogP contribution in [-0.2, 0) is 13.6 Å². The molecule has 0 radical (unpaired) electrons. The molecule has 0 amide bonds. The Balaban J connectivity index is 4.31. The van der Waals surface area contributed by atoms with Crippen molar-refractivity contribution in [2.24, 2.45) is 0 Å². The molecule has 76 valence electrons. The van der Waals surface area contributed by atoms with Crippen molar-refractivity contribution in [3.63, 3.8) is 0 Å². The Bertz CT molecular complexity index is 212. The van der Waals surface area contributed by atoms with Crippen LogP contribution in [0.3, 0.4) is 0 Å². The highest BCUT2D eigenvalue weighted by atomic mass is 31.2. The first kappa shape index (κ1) is 12.4. The number of hydrogen-bond donors (Lipinski definition) is 1. The minimum absolute atomic E-state index is 0.324. The van der Waals surface area contributed by atoms with Gasteiger partial charge in [-0.25, -0.2) is 0 Å². The molecule has 0 aliphatic carbocycles. The molecule has 0 aromatic carbocycles. The van der Waals surface area contributed by atoms with Crippen LogP contribution >= 0.6 is 7.60 Å². The van der Waals surface area contributed by atoms with E-state index in [4.69, 9.17) is 14.2 Å². The van der Waals surface area contributed by atoms with E-state index in [-0.39, 0.29) is 0 Å². The third-order valence-corrected chi connectivity index (χ3v) is 2.86. The van der Waals surface area contributed by atoms with Gasteiger partial charge in [0.2, 0.25) is 0 Å². The fourth-order valence-corrected chi connectivity index (χ4v) is 1.96. The molecule has 5 heteroatoms. The maximum absolute atomic E-state index is 11.6. The number of aliphatic hydroxyl groups excluding tert-OH is 1. The Morgan fingerprint density at radius 3 is 2.15 bits per heavy atom. The van der Waals surface area contributed by atoms with E-state index in [1.165, 1.54) is 18.0 Å². The summed E-state index contributed by atoms with van der Waals surface area (Å²) >= 11 is 0. The zero-order valence-electron chi connectivity index (χ0n) is 7.84. The first-order valence-corrected chi connectivity index (χ1v) is 5.67. The van der Waals surface area contributed by atoms with Crippen molar-refractivity contribution < 1.29 is 18.7 Å². The summed E-state index contributed by atoms with van der Waals surface area (Å²) in [4.78, 5) is 0. The van der Waals surface area contributed by atoms with E-state index < -0.39 is 7.60 Å². The summed E-state index contributed by atoms with van der Waals surface area (Å²) in [5.74, 6) is 1.31. The molecule has 13 heavy (non-hydrogen) atoms. The molecule has 4 nitrogen and oxygen atoms in total. The minimum atomic E-state index is -3.09. The summed E-state index contributed by atoms with van der Waals surface area (Å²) in [7, 11) is -3.09. The zero-order valence-corrected chi connectivity index (χ0v) is 8.74. The van der Waals surface area contributed by atoms with Crippen LogP contribution in [0.4, 0.5) is 0 Å². The molecule has 0 spiro atoms. The summed E-state index contributed by atoms with van der Waals surface area (Å²) in [6.07, 6.45) is 3.61. The van der Waals surface area contributed by atoms with Crippen LogP contribution in [-0.4, -0.2) is 18.3 Å². The van der Waals surface area contributed by atoms with Crippen molar-refractivity contribution in [2.45, 2.75) is 13.8 Å². The topological polar surface area (TPSA) is 55.8 Å². The molecule has 0 aromatic rings. The van der Waals surface area contributed by atoms with Gasteiger partial charge >= 0.3 is 7.60 Å². The molecule has 0 aliphatic heterocycles. The number of hydrogen-bond acceptors (Lipinski definition) is 4. The van der Waals surface area contributed by atoms with Gasteiger partial charge in [-0.1, -0.05) is 6.08 Å². The molecule has 0 bridgehead atoms. The Morgan fingerprint density at radius 1 is 1.23 bits per heavy atom. The summed E-state index contributed by atoms with van der Waals surface area (Å²) < 4.78 is 21.5. The van der Waals surface area contributed by atoms with Crippen LogP contribution < -0.4 is 0 Å². The standard InChI is InChI=1S/C8H15O4P/c1-3-11-13(10,12-4-2)8-6-5-7-9/h5-9H,3-4H2,1-2H3/b7-5?,8-6+. The van der Waals surface area contributed by atoms with Crippen molar-refractivity contribution in [3.05, 3.63) is 24.2 Å². The molecule has 1 N–H and O–H groups in total. The molecule has 0 saturated carbocycles. The van der Waals surface area contributed by atoms with Crippen molar-refractivity contribution in [3.8, 4) is 0 Å². The quantitative estimate of drug-likeness (QED) is 0.412. The van der Waals surface area contributed by atoms with Crippen molar-refractivity contribution in [1.82, 2.24) is 0 Å². The van der Waals surface area contributed by atoms with Gasteiger partial charge in [-0.15, -0.1) is 0 Å². The van der Waals surface area contributed by atoms with Crippen LogP contribution in [0.1, 0.15) is 13.8 Å². The largest absolute Gasteiger partial charge is 0.516 e. The average molecular weight is 206 g/mol. The molecule has 0 saturated heterocycles. The van der Waals surface area contributed by atoms with Crippen LogP contribution in [0.2, 0.25) is 0 Å². The minimum Gasteiger partial charge on any atom is -0.516 e. The second-order valence-corrected chi connectivity index (χ2v) is 3.95. The van der Waals surface area contributed by atoms with Gasteiger partial charge < -0.3 is 14.2 Å². The van der Waals surface area contributed by atoms with Crippen LogP contribution in [0.25, 0.3) is 0 Å². The lowest BCUT2D eigenvalue weighted by molar-refractivity contribution is 0.229. The van der Waals surface area contributed by atoms with Crippen molar-refractivity contribution in [1.29, 1.82) is 0 Å². The lowest BCUT2D eigenvalue weighted by Gasteiger charge is -2.11. The summed E-state index contributed by atoms with van der Waals surface area (Å²) in [6, 6.07) is 0. The third kappa shape index (κ3) is 5.64. The van der Waals surface area contributed by atoms with Crippen molar-refractivity contribution in [2.75, 3.05) is 13.2 Å². The monoisotopic (exact) mass is 206 g/mol. The van der Waals surface area contributed by atoms with Gasteiger partial charge in [-0.05, 0) is 19.9 Å². The lowest BCUT2D eigenvalue weighted by atomic mass is 10.6. The molecular formula is C8H15O4P. The maximum Gasteiger partial charge on any atom is 0.354 e. The van der Waals surface area contributed by atoms with E-state index in [1.807, 2.05) is 0 Å². The van der Waals surface area contributed by atoms with E-state index in [1.54, 1.807) is 13.8 Å². The second kappa shape index (κ2) is 6.89. The SMILES string of the molecule is CCOP(=O)(/C=C/C=CO)OCC. The molecule has 0 aromatic heterocycles. The summed E-state index contributed by atoms with van der Waals surface area (Å²) in [5, 5.41) is 8.32. The van der Waals surface area contributed by atoms with E-state index >= 15 is 0 Å². The molecular weight excluding hydrogens is 191 g/mol. The lowest BCUT2D eigenvalue weighted by Crippen LogP contribution is -1.92. The van der Waals surface area contributed by atoms with Gasteiger partial charge in [-0.2, -0.15) is 0 Å². The number of allylic oxidation sites excluding steroid dienone is 2. The van der Waals surface area contributed by atoms with Crippen LogP contribution in [0, 0.1) is 0 Å². The fraction of sp³-hybridized carbons (Fsp3) is 0.500. The summed E-state index contributed by atoms with van der Waals surface area (Å²) in [5.41, 5.74) is 0. The molecule has 0 aliphatic rings. The predicted molar refractivity (Wildman–Crippen MR) is 51.8 cm³/mol. The Kier molecular flexibility index (Phi) is 6.59. The van der Waals surface area contributed by atoms with E-state index in [0.29, 0.717) is 13.2 Å². The first-order chi connectivity index (χ1) is 6.18. The highest BCUT2D eigenvalue weighted by Gasteiger charge is 2.17. The van der Waals surface area contributed by atoms with E-state index in [0.717, 1.165) is 6.26 Å². The van der Waals surface area contributed by atoms with E-state index in [9.17, 15) is 4.57 Å². The van der Waals surface area contributed by atoms with E-state index in [2.05, 4.69) is 0 Å². The highest BCUT2D eigenvalue weighted by Crippen LogP contribution is 2.49. The van der Waals surface area contributed by atoms with Gasteiger partial charge in [-0.3, -0.25) is 4.57 Å². The second-order valence-electron chi connectivity index (χ2n) is 2.06. The number of rotatable bonds is 6. The average Bonchev–Trinajstić information content (AvgIpc) is 2.05. The van der Waals surface area contributed by atoms with Gasteiger partial charge in [0, 0.05) is 5.82 Å². The van der Waals surface area contributed by atoms with Gasteiger partial charge in [0.1, 0.15) is 0 Å². The van der Waals surface area contributed by atoms with Crippen LogP contribution in [0.15, 0.2) is 24.2 Å². The third-order valence-electron chi connectivity index (χ3n) is 1.08. The van der Waals surface area contributed by atoms with Gasteiger partial charge in [0.15, 0.2) is 0 Å². The Morgan fingerprint density at radius 2 is 1.77 bits per heavy atom. The first-order valence-electron chi connectivity index (χ1n) is 4.06. The van der Waals surface area contributed by atoms with Gasteiger partial charge in [0.05, 0.1) is 19.5 Å². The fourth-order valence-electron chi connectivity index (χ4n) is 0.688. The van der Waals surface area contributed by atoms with Gasteiger partial charge in [0.25, 0.3) is 0 Å². The smallest absolute Gasteiger partial charge is 0.354 e. The molecule has 0 atom stereocenters.